The second-order valence-electron chi connectivity index (χ2n) is 4.71. The van der Waals surface area contributed by atoms with Crippen LogP contribution in [0.25, 0.3) is 10.9 Å². The molecule has 2 aromatic carbocycles. The predicted octanol–water partition coefficient (Wildman–Crippen LogP) is 3.63. The van der Waals surface area contributed by atoms with Gasteiger partial charge in [0.2, 0.25) is 0 Å². The summed E-state index contributed by atoms with van der Waals surface area (Å²) in [5.74, 6) is 0. The van der Waals surface area contributed by atoms with E-state index in [4.69, 9.17) is 17.3 Å². The summed E-state index contributed by atoms with van der Waals surface area (Å²) < 4.78 is 1.90. The minimum absolute atomic E-state index is 0.495. The fraction of sp³-hybridized carbons (Fsp3) is 0.133. The van der Waals surface area contributed by atoms with Crippen molar-refractivity contribution in [1.82, 2.24) is 9.78 Å². The second-order valence-corrected chi connectivity index (χ2v) is 5.07. The minimum Gasteiger partial charge on any atom is -0.399 e. The molecule has 96 valence electrons. The first-order valence-corrected chi connectivity index (χ1v) is 6.48. The van der Waals surface area contributed by atoms with Gasteiger partial charge >= 0.3 is 0 Å². The Bertz CT molecular complexity index is 729. The lowest BCUT2D eigenvalue weighted by Crippen LogP contribution is -2.01. The molecule has 3 aromatic rings. The number of hydrogen-bond acceptors (Lipinski definition) is 2. The van der Waals surface area contributed by atoms with E-state index in [2.05, 4.69) is 36.3 Å². The number of aromatic nitrogens is 2. The Balaban J connectivity index is 2.03. The average molecular weight is 272 g/mol. The summed E-state index contributed by atoms with van der Waals surface area (Å²) in [7, 11) is 0. The number of aryl methyl sites for hydroxylation is 1. The van der Waals surface area contributed by atoms with Gasteiger partial charge in [-0.3, -0.25) is 4.68 Å². The van der Waals surface area contributed by atoms with Crippen LogP contribution >= 0.6 is 11.6 Å². The third-order valence-corrected chi connectivity index (χ3v) is 3.46. The molecule has 0 fully saturated rings. The smallest absolute Gasteiger partial charge is 0.159 e. The molecule has 1 aromatic heterocycles. The lowest BCUT2D eigenvalue weighted by molar-refractivity contribution is 0.712. The number of nitrogens with two attached hydrogens (primary N) is 1. The highest BCUT2D eigenvalue weighted by molar-refractivity contribution is 6.34. The van der Waals surface area contributed by atoms with E-state index in [1.54, 1.807) is 0 Å². The van der Waals surface area contributed by atoms with Gasteiger partial charge in [-0.2, -0.15) is 5.10 Å². The predicted molar refractivity (Wildman–Crippen MR) is 79.4 cm³/mol. The quantitative estimate of drug-likeness (QED) is 0.724. The number of anilines is 1. The Hall–Kier alpha value is -2.00. The summed E-state index contributed by atoms with van der Waals surface area (Å²) in [6, 6.07) is 14.1. The van der Waals surface area contributed by atoms with Gasteiger partial charge < -0.3 is 5.73 Å². The van der Waals surface area contributed by atoms with Crippen molar-refractivity contribution >= 4 is 28.2 Å². The normalized spacial score (nSPS) is 11.1. The number of nitrogen functional groups attached to an aromatic ring is 1. The lowest BCUT2D eigenvalue weighted by Gasteiger charge is -2.04. The summed E-state index contributed by atoms with van der Waals surface area (Å²) >= 11 is 6.15. The van der Waals surface area contributed by atoms with Crippen LogP contribution in [0.5, 0.6) is 0 Å². The molecule has 3 nitrogen and oxygen atoms in total. The standard InChI is InChI=1S/C15H14ClN3/c1-10-2-4-11(5-3-10)9-19-14-7-6-12(17)8-13(14)15(16)18-19/h2-8H,9,17H2,1H3. The van der Waals surface area contributed by atoms with Gasteiger partial charge in [-0.05, 0) is 30.7 Å². The van der Waals surface area contributed by atoms with Gasteiger partial charge in [0.25, 0.3) is 0 Å². The van der Waals surface area contributed by atoms with Crippen molar-refractivity contribution in [2.24, 2.45) is 0 Å². The number of nitrogens with zero attached hydrogens (tertiary/aromatic N) is 2. The Morgan fingerprint density at radius 2 is 1.89 bits per heavy atom. The van der Waals surface area contributed by atoms with Crippen LogP contribution in [0.1, 0.15) is 11.1 Å². The summed E-state index contributed by atoms with van der Waals surface area (Å²) in [6.45, 7) is 2.78. The van der Waals surface area contributed by atoms with E-state index in [-0.39, 0.29) is 0 Å². The molecule has 0 saturated carbocycles. The Kier molecular flexibility index (Phi) is 2.91. The monoisotopic (exact) mass is 271 g/mol. The van der Waals surface area contributed by atoms with Crippen LogP contribution in [0.2, 0.25) is 5.15 Å². The molecular formula is C15H14ClN3. The third-order valence-electron chi connectivity index (χ3n) is 3.18. The van der Waals surface area contributed by atoms with Gasteiger partial charge in [-0.15, -0.1) is 0 Å². The van der Waals surface area contributed by atoms with Crippen molar-refractivity contribution in [1.29, 1.82) is 0 Å². The summed E-state index contributed by atoms with van der Waals surface area (Å²) in [6.07, 6.45) is 0. The van der Waals surface area contributed by atoms with Crippen LogP contribution in [0.3, 0.4) is 0 Å². The highest BCUT2D eigenvalue weighted by Gasteiger charge is 2.09. The maximum atomic E-state index is 6.15. The van der Waals surface area contributed by atoms with E-state index in [0.717, 1.165) is 10.9 Å². The zero-order valence-corrected chi connectivity index (χ0v) is 11.4. The molecule has 0 radical (unpaired) electrons. The van der Waals surface area contributed by atoms with Crippen molar-refractivity contribution < 1.29 is 0 Å². The molecule has 0 spiro atoms. The molecule has 0 bridgehead atoms. The molecule has 4 heteroatoms. The van der Waals surface area contributed by atoms with Crippen molar-refractivity contribution in [3.63, 3.8) is 0 Å². The highest BCUT2D eigenvalue weighted by atomic mass is 35.5. The zero-order valence-electron chi connectivity index (χ0n) is 10.6. The number of fused-ring (bicyclic) bond motifs is 1. The van der Waals surface area contributed by atoms with Crippen LogP contribution in [0, 0.1) is 6.92 Å². The molecule has 0 aliphatic rings. The maximum absolute atomic E-state index is 6.15. The molecule has 0 unspecified atom stereocenters. The fourth-order valence-corrected chi connectivity index (χ4v) is 2.39. The summed E-state index contributed by atoms with van der Waals surface area (Å²) in [5, 5.41) is 5.77. The minimum atomic E-state index is 0.495. The molecule has 0 saturated heterocycles. The van der Waals surface area contributed by atoms with Crippen molar-refractivity contribution in [2.75, 3.05) is 5.73 Å². The van der Waals surface area contributed by atoms with Gasteiger partial charge in [-0.1, -0.05) is 41.4 Å². The third kappa shape index (κ3) is 2.29. The average Bonchev–Trinajstić information content (AvgIpc) is 2.69. The largest absolute Gasteiger partial charge is 0.399 e. The van der Waals surface area contributed by atoms with Crippen LogP contribution in [-0.4, -0.2) is 9.78 Å². The fourth-order valence-electron chi connectivity index (χ4n) is 2.14. The summed E-state index contributed by atoms with van der Waals surface area (Å²) in [5.41, 5.74) is 9.92. The topological polar surface area (TPSA) is 43.8 Å². The number of benzene rings is 2. The first-order chi connectivity index (χ1) is 9.13. The van der Waals surface area contributed by atoms with Crippen molar-refractivity contribution in [3.05, 3.63) is 58.7 Å². The van der Waals surface area contributed by atoms with Gasteiger partial charge in [0, 0.05) is 11.1 Å². The van der Waals surface area contributed by atoms with Crippen LogP contribution in [0.4, 0.5) is 5.69 Å². The van der Waals surface area contributed by atoms with Gasteiger partial charge in [-0.25, -0.2) is 0 Å². The van der Waals surface area contributed by atoms with E-state index < -0.39 is 0 Å². The van der Waals surface area contributed by atoms with Crippen molar-refractivity contribution in [2.45, 2.75) is 13.5 Å². The van der Waals surface area contributed by atoms with Gasteiger partial charge in [0.1, 0.15) is 0 Å². The molecule has 0 aliphatic carbocycles. The molecule has 19 heavy (non-hydrogen) atoms. The number of halogens is 1. The van der Waals surface area contributed by atoms with Gasteiger partial charge in [0.05, 0.1) is 12.1 Å². The summed E-state index contributed by atoms with van der Waals surface area (Å²) in [4.78, 5) is 0. The van der Waals surface area contributed by atoms with Gasteiger partial charge in [0.15, 0.2) is 5.15 Å². The molecule has 3 rings (SSSR count). The van der Waals surface area contributed by atoms with Crippen LogP contribution < -0.4 is 5.73 Å². The number of hydrogen-bond donors (Lipinski definition) is 1. The molecule has 2 N–H and O–H groups in total. The van der Waals surface area contributed by atoms with E-state index in [9.17, 15) is 0 Å². The number of rotatable bonds is 2. The first kappa shape index (κ1) is 12.1. The Morgan fingerprint density at radius 1 is 1.16 bits per heavy atom. The lowest BCUT2D eigenvalue weighted by atomic mass is 10.1. The van der Waals surface area contributed by atoms with E-state index in [0.29, 0.717) is 17.4 Å². The highest BCUT2D eigenvalue weighted by Crippen LogP contribution is 2.25. The molecule has 0 amide bonds. The second kappa shape index (κ2) is 4.59. The molecular weight excluding hydrogens is 258 g/mol. The first-order valence-electron chi connectivity index (χ1n) is 6.10. The van der Waals surface area contributed by atoms with Crippen LogP contribution in [-0.2, 0) is 6.54 Å². The zero-order chi connectivity index (χ0) is 13.4. The Morgan fingerprint density at radius 3 is 2.63 bits per heavy atom. The van der Waals surface area contributed by atoms with E-state index in [1.807, 2.05) is 22.9 Å². The van der Waals surface area contributed by atoms with E-state index in [1.165, 1.54) is 11.1 Å². The molecule has 1 heterocycles. The molecule has 0 aliphatic heterocycles. The van der Waals surface area contributed by atoms with Crippen molar-refractivity contribution in [3.8, 4) is 0 Å². The van der Waals surface area contributed by atoms with E-state index >= 15 is 0 Å². The SMILES string of the molecule is Cc1ccc(Cn2nc(Cl)c3cc(N)ccc32)cc1. The maximum Gasteiger partial charge on any atom is 0.159 e. The molecule has 0 atom stereocenters. The Labute approximate surface area is 116 Å². The van der Waals surface area contributed by atoms with Crippen LogP contribution in [0.15, 0.2) is 42.5 Å².